The first-order valence-electron chi connectivity index (χ1n) is 9.72. The molecular formula is C23H28O4. The van der Waals surface area contributed by atoms with Gasteiger partial charge in [-0.05, 0) is 61.6 Å². The van der Waals surface area contributed by atoms with Gasteiger partial charge < -0.3 is 14.9 Å². The van der Waals surface area contributed by atoms with Crippen LogP contribution in [0.1, 0.15) is 63.5 Å². The van der Waals surface area contributed by atoms with Gasteiger partial charge in [0.2, 0.25) is 5.60 Å². The number of benzene rings is 2. The van der Waals surface area contributed by atoms with Crippen LogP contribution in [0.25, 0.3) is 0 Å². The summed E-state index contributed by atoms with van der Waals surface area (Å²) >= 11 is 0. The maximum absolute atomic E-state index is 11.5. The molecule has 4 heteroatoms. The number of aromatic hydroxyl groups is 1. The molecule has 4 nitrogen and oxygen atoms in total. The van der Waals surface area contributed by atoms with Crippen molar-refractivity contribution in [1.29, 1.82) is 0 Å². The lowest BCUT2D eigenvalue weighted by molar-refractivity contribution is -0.154. The Hall–Kier alpha value is -2.49. The second-order valence-corrected chi connectivity index (χ2v) is 7.71. The monoisotopic (exact) mass is 368 g/mol. The van der Waals surface area contributed by atoms with Crippen molar-refractivity contribution in [3.05, 3.63) is 59.7 Å². The number of hydrogen-bond donors (Lipinski definition) is 2. The Morgan fingerprint density at radius 2 is 1.52 bits per heavy atom. The topological polar surface area (TPSA) is 66.8 Å². The van der Waals surface area contributed by atoms with Crippen molar-refractivity contribution >= 4 is 5.97 Å². The smallest absolute Gasteiger partial charge is 0.347 e. The molecule has 1 fully saturated rings. The predicted octanol–water partition coefficient (Wildman–Crippen LogP) is 5.27. The quantitative estimate of drug-likeness (QED) is 0.728. The van der Waals surface area contributed by atoms with Crippen LogP contribution in [0, 0.1) is 0 Å². The average molecular weight is 368 g/mol. The molecule has 2 aromatic rings. The minimum atomic E-state index is -1.22. The number of hydrogen-bond acceptors (Lipinski definition) is 3. The Bertz CT molecular complexity index is 773. The maximum atomic E-state index is 11.5. The van der Waals surface area contributed by atoms with Gasteiger partial charge in [-0.2, -0.15) is 0 Å². The fourth-order valence-corrected chi connectivity index (χ4v) is 4.05. The molecular weight excluding hydrogens is 340 g/mol. The van der Waals surface area contributed by atoms with Gasteiger partial charge in [0.25, 0.3) is 0 Å². The number of aliphatic carboxylic acids is 1. The first kappa shape index (κ1) is 19.3. The van der Waals surface area contributed by atoms with Gasteiger partial charge in [-0.1, -0.05) is 50.5 Å². The Kier molecular flexibility index (Phi) is 5.45. The Labute approximate surface area is 160 Å². The molecule has 2 aromatic carbocycles. The van der Waals surface area contributed by atoms with Gasteiger partial charge in [-0.3, -0.25) is 0 Å². The molecule has 1 aliphatic rings. The van der Waals surface area contributed by atoms with E-state index in [0.29, 0.717) is 12.2 Å². The Balaban J connectivity index is 1.92. The highest BCUT2D eigenvalue weighted by molar-refractivity contribution is 5.77. The zero-order valence-corrected chi connectivity index (χ0v) is 16.1. The third-order valence-electron chi connectivity index (χ3n) is 6.00. The molecule has 27 heavy (non-hydrogen) atoms. The molecule has 1 unspecified atom stereocenters. The third kappa shape index (κ3) is 3.80. The lowest BCUT2D eigenvalue weighted by atomic mass is 9.65. The fourth-order valence-electron chi connectivity index (χ4n) is 4.05. The van der Waals surface area contributed by atoms with Crippen molar-refractivity contribution in [2.24, 2.45) is 0 Å². The lowest BCUT2D eigenvalue weighted by Crippen LogP contribution is -2.40. The summed E-state index contributed by atoms with van der Waals surface area (Å²) in [6.07, 6.45) is 6.12. The molecule has 0 spiro atoms. The summed E-state index contributed by atoms with van der Waals surface area (Å²) < 4.78 is 5.78. The number of ether oxygens (including phenoxy) is 1. The SMILES string of the molecule is CCC(C)(Oc1ccc(C2(c3ccc(O)cc3)CCCCC2)cc1)C(=O)O. The highest BCUT2D eigenvalue weighted by Gasteiger charge is 2.36. The number of carboxylic acids is 1. The van der Waals surface area contributed by atoms with E-state index in [1.54, 1.807) is 19.1 Å². The highest BCUT2D eigenvalue weighted by atomic mass is 16.5. The summed E-state index contributed by atoms with van der Waals surface area (Å²) in [6.45, 7) is 3.41. The fraction of sp³-hybridized carbons (Fsp3) is 0.435. The van der Waals surface area contributed by atoms with Crippen LogP contribution < -0.4 is 4.74 Å². The van der Waals surface area contributed by atoms with Crippen LogP contribution in [0.2, 0.25) is 0 Å². The van der Waals surface area contributed by atoms with Gasteiger partial charge in [-0.15, -0.1) is 0 Å². The largest absolute Gasteiger partial charge is 0.508 e. The molecule has 0 aliphatic heterocycles. The van der Waals surface area contributed by atoms with Crippen LogP contribution in [0.3, 0.4) is 0 Å². The van der Waals surface area contributed by atoms with Crippen LogP contribution in [0.15, 0.2) is 48.5 Å². The van der Waals surface area contributed by atoms with Crippen LogP contribution in [0.5, 0.6) is 11.5 Å². The molecule has 144 valence electrons. The van der Waals surface area contributed by atoms with Crippen molar-refractivity contribution in [2.75, 3.05) is 0 Å². The summed E-state index contributed by atoms with van der Waals surface area (Å²) in [7, 11) is 0. The molecule has 0 amide bonds. The molecule has 3 rings (SSSR count). The zero-order chi connectivity index (χ0) is 19.5. The van der Waals surface area contributed by atoms with E-state index in [-0.39, 0.29) is 11.2 Å². The summed E-state index contributed by atoms with van der Waals surface area (Å²) in [5, 5.41) is 19.1. The van der Waals surface area contributed by atoms with Crippen LogP contribution >= 0.6 is 0 Å². The van der Waals surface area contributed by atoms with E-state index >= 15 is 0 Å². The maximum Gasteiger partial charge on any atom is 0.347 e. The van der Waals surface area contributed by atoms with Crippen molar-refractivity contribution in [3.8, 4) is 11.5 Å². The van der Waals surface area contributed by atoms with Gasteiger partial charge >= 0.3 is 5.97 Å². The van der Waals surface area contributed by atoms with Crippen molar-refractivity contribution < 1.29 is 19.7 Å². The molecule has 0 saturated heterocycles. The summed E-state index contributed by atoms with van der Waals surface area (Å²) in [6, 6.07) is 15.4. The van der Waals surface area contributed by atoms with E-state index in [1.165, 1.54) is 30.4 Å². The van der Waals surface area contributed by atoms with Crippen molar-refractivity contribution in [2.45, 2.75) is 63.4 Å². The van der Waals surface area contributed by atoms with Gasteiger partial charge in [0.1, 0.15) is 11.5 Å². The number of carbonyl (C=O) groups is 1. The van der Waals surface area contributed by atoms with E-state index < -0.39 is 11.6 Å². The number of phenolic OH excluding ortho intramolecular Hbond substituents is 1. The summed E-state index contributed by atoms with van der Waals surface area (Å²) in [5.74, 6) is -0.106. The van der Waals surface area contributed by atoms with Gasteiger partial charge in [0, 0.05) is 5.41 Å². The van der Waals surface area contributed by atoms with Crippen LogP contribution in [0.4, 0.5) is 0 Å². The lowest BCUT2D eigenvalue weighted by Gasteiger charge is -2.39. The van der Waals surface area contributed by atoms with E-state index in [1.807, 2.05) is 31.2 Å². The van der Waals surface area contributed by atoms with E-state index in [0.717, 1.165) is 12.8 Å². The van der Waals surface area contributed by atoms with Crippen molar-refractivity contribution in [1.82, 2.24) is 0 Å². The molecule has 1 saturated carbocycles. The molecule has 0 bridgehead atoms. The third-order valence-corrected chi connectivity index (χ3v) is 6.00. The van der Waals surface area contributed by atoms with E-state index in [9.17, 15) is 15.0 Å². The first-order valence-corrected chi connectivity index (χ1v) is 9.72. The van der Waals surface area contributed by atoms with Crippen LogP contribution in [-0.2, 0) is 10.2 Å². The van der Waals surface area contributed by atoms with Crippen molar-refractivity contribution in [3.63, 3.8) is 0 Å². The van der Waals surface area contributed by atoms with E-state index in [2.05, 4.69) is 12.1 Å². The second kappa shape index (κ2) is 7.63. The molecule has 0 heterocycles. The zero-order valence-electron chi connectivity index (χ0n) is 16.1. The number of carboxylic acid groups (broad SMARTS) is 1. The predicted molar refractivity (Wildman–Crippen MR) is 105 cm³/mol. The minimum Gasteiger partial charge on any atom is -0.508 e. The van der Waals surface area contributed by atoms with Gasteiger partial charge in [0.15, 0.2) is 0 Å². The van der Waals surface area contributed by atoms with Gasteiger partial charge in [-0.25, -0.2) is 4.79 Å². The molecule has 0 aromatic heterocycles. The average Bonchev–Trinajstić information content (AvgIpc) is 2.69. The number of phenols is 1. The standard InChI is InChI=1S/C23H28O4/c1-3-22(2,21(25)26)27-20-13-9-18(10-14-20)23(15-5-4-6-16-23)17-7-11-19(24)12-8-17/h7-14,24H,3-6,15-16H2,1-2H3,(H,25,26). The molecule has 1 atom stereocenters. The summed E-state index contributed by atoms with van der Waals surface area (Å²) in [5.41, 5.74) is 1.15. The minimum absolute atomic E-state index is 0.0641. The summed E-state index contributed by atoms with van der Waals surface area (Å²) in [4.78, 5) is 11.5. The first-order chi connectivity index (χ1) is 12.9. The molecule has 2 N–H and O–H groups in total. The highest BCUT2D eigenvalue weighted by Crippen LogP contribution is 2.45. The second-order valence-electron chi connectivity index (χ2n) is 7.71. The normalized spacial score (nSPS) is 18.4. The molecule has 1 aliphatic carbocycles. The van der Waals surface area contributed by atoms with E-state index in [4.69, 9.17) is 4.74 Å². The Morgan fingerprint density at radius 1 is 1.00 bits per heavy atom. The van der Waals surface area contributed by atoms with Crippen LogP contribution in [-0.4, -0.2) is 21.8 Å². The Morgan fingerprint density at radius 3 is 2.00 bits per heavy atom. The van der Waals surface area contributed by atoms with Gasteiger partial charge in [0.05, 0.1) is 0 Å². The molecule has 0 radical (unpaired) electrons. The number of rotatable bonds is 6.